The molecule has 0 spiro atoms. The van der Waals surface area contributed by atoms with Crippen molar-refractivity contribution in [2.24, 2.45) is 0 Å². The number of benzene rings is 2. The summed E-state index contributed by atoms with van der Waals surface area (Å²) in [6.07, 6.45) is 4.12. The number of carbonyl (C=O) groups excluding carboxylic acids is 3. The van der Waals surface area contributed by atoms with E-state index in [0.717, 1.165) is 30.4 Å². The zero-order valence-corrected chi connectivity index (χ0v) is 21.4. The van der Waals surface area contributed by atoms with Crippen molar-refractivity contribution in [2.75, 3.05) is 13.2 Å². The van der Waals surface area contributed by atoms with Gasteiger partial charge >= 0.3 is 0 Å². The topological polar surface area (TPSA) is 111 Å². The molecular formula is C29H38N4O4. The Labute approximate surface area is 218 Å². The van der Waals surface area contributed by atoms with Crippen LogP contribution in [0.4, 0.5) is 0 Å². The van der Waals surface area contributed by atoms with E-state index in [4.69, 9.17) is 5.11 Å². The van der Waals surface area contributed by atoms with Gasteiger partial charge in [0.25, 0.3) is 0 Å². The Bertz CT molecular complexity index is 1010. The summed E-state index contributed by atoms with van der Waals surface area (Å²) < 4.78 is 0. The molecule has 4 N–H and O–H groups in total. The van der Waals surface area contributed by atoms with Gasteiger partial charge in [-0.15, -0.1) is 0 Å². The average Bonchev–Trinajstić information content (AvgIpc) is 3.29. The Morgan fingerprint density at radius 3 is 2.22 bits per heavy atom. The molecule has 198 valence electrons. The van der Waals surface area contributed by atoms with Crippen molar-refractivity contribution in [3.05, 3.63) is 71.8 Å². The third kappa shape index (κ3) is 6.37. The van der Waals surface area contributed by atoms with Gasteiger partial charge in [0.2, 0.25) is 17.7 Å². The summed E-state index contributed by atoms with van der Waals surface area (Å²) in [6.45, 7) is 2.13. The molecule has 8 heteroatoms. The summed E-state index contributed by atoms with van der Waals surface area (Å²) in [5, 5.41) is 18.3. The number of rotatable bonds is 10. The number of amides is 3. The summed E-state index contributed by atoms with van der Waals surface area (Å²) >= 11 is 0. The molecule has 2 heterocycles. The van der Waals surface area contributed by atoms with E-state index in [2.05, 4.69) is 16.0 Å². The molecule has 0 radical (unpaired) electrons. The molecule has 0 aromatic heterocycles. The van der Waals surface area contributed by atoms with E-state index < -0.39 is 18.1 Å². The Morgan fingerprint density at radius 2 is 1.62 bits per heavy atom. The second-order valence-electron chi connectivity index (χ2n) is 9.89. The van der Waals surface area contributed by atoms with Gasteiger partial charge in [0.1, 0.15) is 12.1 Å². The molecule has 0 bridgehead atoms. The fourth-order valence-corrected chi connectivity index (χ4v) is 5.57. The van der Waals surface area contributed by atoms with Crippen LogP contribution in [0.15, 0.2) is 60.7 Å². The molecule has 0 saturated carbocycles. The second kappa shape index (κ2) is 12.8. The van der Waals surface area contributed by atoms with Crippen LogP contribution in [0.3, 0.4) is 0 Å². The minimum atomic E-state index is -0.657. The Balaban J connectivity index is 1.50. The zero-order chi connectivity index (χ0) is 26.2. The van der Waals surface area contributed by atoms with E-state index in [1.54, 1.807) is 4.90 Å². The van der Waals surface area contributed by atoms with E-state index >= 15 is 0 Å². The Morgan fingerprint density at radius 1 is 0.973 bits per heavy atom. The molecule has 0 aliphatic carbocycles. The van der Waals surface area contributed by atoms with Crippen molar-refractivity contribution >= 4 is 17.7 Å². The van der Waals surface area contributed by atoms with Gasteiger partial charge in [-0.25, -0.2) is 0 Å². The van der Waals surface area contributed by atoms with Gasteiger partial charge in [-0.3, -0.25) is 14.4 Å². The van der Waals surface area contributed by atoms with E-state index in [0.29, 0.717) is 25.8 Å². The number of nitrogens with zero attached hydrogens (tertiary/aromatic N) is 1. The summed E-state index contributed by atoms with van der Waals surface area (Å²) in [5.74, 6) is -0.598. The first-order valence-corrected chi connectivity index (χ1v) is 13.4. The van der Waals surface area contributed by atoms with E-state index in [9.17, 15) is 14.4 Å². The van der Waals surface area contributed by atoms with Crippen LogP contribution < -0.4 is 16.0 Å². The maximum Gasteiger partial charge on any atom is 0.246 e. The second-order valence-corrected chi connectivity index (χ2v) is 9.89. The average molecular weight is 507 g/mol. The standard InChI is InChI=1S/C29H38N4O4/c1-2-23(30-18-19-34)27(35)31-24-15-9-14-22-16-17-25(33(22)29(24)37)28(36)32-26(20-10-5-3-6-11-20)21-12-7-4-8-13-21/h3-8,10-13,22-26,30,34H,2,9,14-19H2,1H3,(H,31,35)(H,32,36)/t22-,23-,24-,25-/m0/s1. The smallest absolute Gasteiger partial charge is 0.246 e. The Kier molecular flexibility index (Phi) is 9.30. The van der Waals surface area contributed by atoms with Crippen molar-refractivity contribution in [1.82, 2.24) is 20.9 Å². The molecule has 2 aromatic carbocycles. The highest BCUT2D eigenvalue weighted by molar-refractivity contribution is 5.94. The minimum Gasteiger partial charge on any atom is -0.395 e. The SMILES string of the molecule is CC[C@H](NCCO)C(=O)N[C@H]1CCC[C@H]2CC[C@@H](C(=O)NC(c3ccccc3)c3ccccc3)N2C1=O. The van der Waals surface area contributed by atoms with Gasteiger partial charge in [0.15, 0.2) is 0 Å². The third-order valence-electron chi connectivity index (χ3n) is 7.48. The third-order valence-corrected chi connectivity index (χ3v) is 7.48. The summed E-state index contributed by atoms with van der Waals surface area (Å²) in [4.78, 5) is 42.0. The number of nitrogens with one attached hydrogen (secondary N) is 3. The van der Waals surface area contributed by atoms with Gasteiger partial charge in [-0.1, -0.05) is 67.6 Å². The molecule has 3 amide bonds. The van der Waals surface area contributed by atoms with Crippen LogP contribution in [0.1, 0.15) is 62.6 Å². The lowest BCUT2D eigenvalue weighted by atomic mass is 9.98. The molecule has 37 heavy (non-hydrogen) atoms. The van der Waals surface area contributed by atoms with E-state index in [1.807, 2.05) is 67.6 Å². The minimum absolute atomic E-state index is 0.00605. The fourth-order valence-electron chi connectivity index (χ4n) is 5.57. The van der Waals surface area contributed by atoms with Gasteiger partial charge in [-0.05, 0) is 49.7 Å². The number of aliphatic hydroxyl groups is 1. The predicted octanol–water partition coefficient (Wildman–Crippen LogP) is 2.28. The normalized spacial score (nSPS) is 22.3. The largest absolute Gasteiger partial charge is 0.395 e. The summed E-state index contributed by atoms with van der Waals surface area (Å²) in [5.41, 5.74) is 1.95. The molecule has 0 unspecified atom stereocenters. The molecule has 2 aliphatic heterocycles. The number of aliphatic hydroxyl groups excluding tert-OH is 1. The fraction of sp³-hybridized carbons (Fsp3) is 0.483. The first-order valence-electron chi connectivity index (χ1n) is 13.4. The van der Waals surface area contributed by atoms with Crippen LogP contribution in [-0.4, -0.2) is 65.0 Å². The number of hydrogen-bond acceptors (Lipinski definition) is 5. The predicted molar refractivity (Wildman–Crippen MR) is 141 cm³/mol. The van der Waals surface area contributed by atoms with Gasteiger partial charge in [-0.2, -0.15) is 0 Å². The van der Waals surface area contributed by atoms with Gasteiger partial charge in [0, 0.05) is 12.6 Å². The van der Waals surface area contributed by atoms with Crippen LogP contribution in [-0.2, 0) is 14.4 Å². The molecule has 2 fully saturated rings. The maximum atomic E-state index is 13.7. The van der Waals surface area contributed by atoms with Crippen molar-refractivity contribution in [2.45, 2.75) is 75.7 Å². The van der Waals surface area contributed by atoms with Gasteiger partial charge < -0.3 is 26.0 Å². The molecule has 4 rings (SSSR count). The highest BCUT2D eigenvalue weighted by Gasteiger charge is 2.45. The van der Waals surface area contributed by atoms with Crippen molar-refractivity contribution < 1.29 is 19.5 Å². The first kappa shape index (κ1) is 26.8. The summed E-state index contributed by atoms with van der Waals surface area (Å²) in [6, 6.07) is 17.6. The van der Waals surface area contributed by atoms with Crippen LogP contribution in [0, 0.1) is 0 Å². The van der Waals surface area contributed by atoms with Crippen LogP contribution >= 0.6 is 0 Å². The number of hydrogen-bond donors (Lipinski definition) is 4. The molecule has 2 aromatic rings. The van der Waals surface area contributed by atoms with Crippen molar-refractivity contribution in [3.8, 4) is 0 Å². The zero-order valence-electron chi connectivity index (χ0n) is 21.4. The van der Waals surface area contributed by atoms with Crippen molar-refractivity contribution in [3.63, 3.8) is 0 Å². The molecule has 2 saturated heterocycles. The van der Waals surface area contributed by atoms with E-state index in [1.165, 1.54) is 0 Å². The van der Waals surface area contributed by atoms with Crippen LogP contribution in [0.25, 0.3) is 0 Å². The molecule has 4 atom stereocenters. The highest BCUT2D eigenvalue weighted by Crippen LogP contribution is 2.33. The monoisotopic (exact) mass is 506 g/mol. The maximum absolute atomic E-state index is 13.7. The Hall–Kier alpha value is -3.23. The lowest BCUT2D eigenvalue weighted by Crippen LogP contribution is -2.57. The quantitative estimate of drug-likeness (QED) is 0.395. The van der Waals surface area contributed by atoms with Gasteiger partial charge in [0.05, 0.1) is 18.7 Å². The van der Waals surface area contributed by atoms with Crippen LogP contribution in [0.5, 0.6) is 0 Å². The number of fused-ring (bicyclic) bond motifs is 1. The highest BCUT2D eigenvalue weighted by atomic mass is 16.3. The molecule has 8 nitrogen and oxygen atoms in total. The lowest BCUT2D eigenvalue weighted by Gasteiger charge is -2.32. The van der Waals surface area contributed by atoms with E-state index in [-0.39, 0.29) is 36.4 Å². The first-order chi connectivity index (χ1) is 18.0. The molecule has 2 aliphatic rings. The van der Waals surface area contributed by atoms with Crippen molar-refractivity contribution in [1.29, 1.82) is 0 Å². The molecular weight excluding hydrogens is 468 g/mol. The van der Waals surface area contributed by atoms with Crippen LogP contribution in [0.2, 0.25) is 0 Å². The summed E-state index contributed by atoms with van der Waals surface area (Å²) in [7, 11) is 0. The number of carbonyl (C=O) groups is 3. The lowest BCUT2D eigenvalue weighted by molar-refractivity contribution is -0.143.